The molecule has 3 fully saturated rings. The molecule has 1 amide bonds. The van der Waals surface area contributed by atoms with Crippen LogP contribution < -0.4 is 5.32 Å². The molecule has 2 aliphatic heterocycles. The molecule has 5 nitrogen and oxygen atoms in total. The summed E-state index contributed by atoms with van der Waals surface area (Å²) in [6.07, 6.45) is 5.25. The van der Waals surface area contributed by atoms with Gasteiger partial charge in [0.2, 0.25) is 5.91 Å². The van der Waals surface area contributed by atoms with Gasteiger partial charge in [-0.1, -0.05) is 18.2 Å². The zero-order valence-electron chi connectivity index (χ0n) is 14.9. The zero-order chi connectivity index (χ0) is 17.5. The van der Waals surface area contributed by atoms with E-state index in [1.165, 1.54) is 12.8 Å². The molecule has 0 aromatic heterocycles. The summed E-state index contributed by atoms with van der Waals surface area (Å²) in [5.41, 5.74) is 0.358. The summed E-state index contributed by atoms with van der Waals surface area (Å²) in [7, 11) is -3.61. The fraction of sp³-hybridized carbons (Fsp3) is 0.632. The zero-order valence-corrected chi connectivity index (χ0v) is 16.6. The van der Waals surface area contributed by atoms with Crippen LogP contribution in [0, 0.1) is 5.41 Å². The summed E-state index contributed by atoms with van der Waals surface area (Å²) in [4.78, 5) is 15.2. The van der Waals surface area contributed by atoms with Crippen molar-refractivity contribution < 1.29 is 13.2 Å². The lowest BCUT2D eigenvalue weighted by atomic mass is 9.71. The van der Waals surface area contributed by atoms with Crippen LogP contribution >= 0.6 is 12.4 Å². The average molecular weight is 399 g/mol. The maximum absolute atomic E-state index is 13.1. The van der Waals surface area contributed by atoms with Gasteiger partial charge < -0.3 is 10.2 Å². The van der Waals surface area contributed by atoms with Crippen LogP contribution in [-0.4, -0.2) is 50.2 Å². The second-order valence-corrected chi connectivity index (χ2v) is 10.1. The molecule has 1 saturated carbocycles. The summed E-state index contributed by atoms with van der Waals surface area (Å²) >= 11 is 0. The average Bonchev–Trinajstić information content (AvgIpc) is 3.46. The lowest BCUT2D eigenvalue weighted by Gasteiger charge is -2.45. The summed E-state index contributed by atoms with van der Waals surface area (Å²) in [6, 6.07) is 8.43. The van der Waals surface area contributed by atoms with Crippen molar-refractivity contribution in [3.8, 4) is 0 Å². The third kappa shape index (κ3) is 3.16. The number of amides is 1. The van der Waals surface area contributed by atoms with Crippen LogP contribution in [0.15, 0.2) is 35.2 Å². The second kappa shape index (κ2) is 7.13. The van der Waals surface area contributed by atoms with Crippen LogP contribution in [0.2, 0.25) is 0 Å². The van der Waals surface area contributed by atoms with Crippen molar-refractivity contribution in [3.63, 3.8) is 0 Å². The number of benzene rings is 1. The van der Waals surface area contributed by atoms with Crippen molar-refractivity contribution >= 4 is 28.2 Å². The van der Waals surface area contributed by atoms with Crippen molar-refractivity contribution in [2.75, 3.05) is 26.2 Å². The minimum absolute atomic E-state index is 0. The highest BCUT2D eigenvalue weighted by molar-refractivity contribution is 7.94. The number of carbonyl (C=O) groups is 1. The molecule has 7 heteroatoms. The van der Waals surface area contributed by atoms with E-state index in [4.69, 9.17) is 0 Å². The van der Waals surface area contributed by atoms with Crippen LogP contribution in [0.1, 0.15) is 38.5 Å². The first-order valence-electron chi connectivity index (χ1n) is 9.29. The van der Waals surface area contributed by atoms with Crippen molar-refractivity contribution in [1.82, 2.24) is 10.2 Å². The maximum Gasteiger partial charge on any atom is 0.244 e. The number of carbonyl (C=O) groups excluding carboxylic acids is 1. The molecular weight excluding hydrogens is 372 g/mol. The van der Waals surface area contributed by atoms with Crippen LogP contribution in [0.4, 0.5) is 0 Å². The van der Waals surface area contributed by atoms with E-state index in [0.29, 0.717) is 31.3 Å². The Morgan fingerprint density at radius 2 is 1.50 bits per heavy atom. The molecule has 0 unspecified atom stereocenters. The van der Waals surface area contributed by atoms with Gasteiger partial charge in [0, 0.05) is 13.1 Å². The van der Waals surface area contributed by atoms with Crippen molar-refractivity contribution in [1.29, 1.82) is 0 Å². The van der Waals surface area contributed by atoms with E-state index in [1.54, 1.807) is 30.3 Å². The Morgan fingerprint density at radius 1 is 0.923 bits per heavy atom. The number of nitrogens with one attached hydrogen (secondary N) is 1. The molecule has 2 heterocycles. The van der Waals surface area contributed by atoms with Crippen LogP contribution in [-0.2, 0) is 14.6 Å². The van der Waals surface area contributed by atoms with Gasteiger partial charge in [0.15, 0.2) is 14.6 Å². The molecule has 1 aromatic carbocycles. The van der Waals surface area contributed by atoms with Gasteiger partial charge in [-0.25, -0.2) is 8.42 Å². The number of likely N-dealkylation sites (tertiary alicyclic amines) is 1. The second-order valence-electron chi connectivity index (χ2n) is 7.85. The summed E-state index contributed by atoms with van der Waals surface area (Å²) in [5, 5.41) is 3.40. The van der Waals surface area contributed by atoms with E-state index in [2.05, 4.69) is 5.32 Å². The van der Waals surface area contributed by atoms with Crippen LogP contribution in [0.5, 0.6) is 0 Å². The Hall–Kier alpha value is -1.11. The Balaban J connectivity index is 0.00000196. The van der Waals surface area contributed by atoms with Crippen molar-refractivity contribution in [3.05, 3.63) is 30.3 Å². The van der Waals surface area contributed by atoms with Gasteiger partial charge in [0.05, 0.1) is 4.90 Å². The lowest BCUT2D eigenvalue weighted by molar-refractivity contribution is -0.134. The molecule has 1 aliphatic carbocycles. The monoisotopic (exact) mass is 398 g/mol. The van der Waals surface area contributed by atoms with Crippen LogP contribution in [0.3, 0.4) is 0 Å². The van der Waals surface area contributed by atoms with E-state index >= 15 is 0 Å². The van der Waals surface area contributed by atoms with E-state index in [-0.39, 0.29) is 23.2 Å². The van der Waals surface area contributed by atoms with Crippen molar-refractivity contribution in [2.45, 2.75) is 48.2 Å². The quantitative estimate of drug-likeness (QED) is 0.849. The molecule has 1 aromatic rings. The van der Waals surface area contributed by atoms with Gasteiger partial charge in [-0.2, -0.15) is 0 Å². The van der Waals surface area contributed by atoms with Gasteiger partial charge in [-0.05, 0) is 69.2 Å². The van der Waals surface area contributed by atoms with E-state index in [9.17, 15) is 13.2 Å². The predicted molar refractivity (Wildman–Crippen MR) is 103 cm³/mol. The Kier molecular flexibility index (Phi) is 5.39. The number of nitrogens with zero attached hydrogens (tertiary/aromatic N) is 1. The first kappa shape index (κ1) is 19.6. The van der Waals surface area contributed by atoms with Crippen molar-refractivity contribution in [2.24, 2.45) is 5.41 Å². The summed E-state index contributed by atoms with van der Waals surface area (Å²) in [6.45, 7) is 3.51. The van der Waals surface area contributed by atoms with E-state index < -0.39 is 14.6 Å². The molecular formula is C19H27ClN2O3S. The standard InChI is InChI=1S/C19H26N2O3S.ClH/c22-17(21-14-10-18(11-15-21)8-12-20-13-9-18)19(6-7-19)25(23,24)16-4-2-1-3-5-16;/h1-5,20H,6-15H2;1H. The largest absolute Gasteiger partial charge is 0.341 e. The van der Waals surface area contributed by atoms with Gasteiger partial charge in [0.1, 0.15) is 0 Å². The summed E-state index contributed by atoms with van der Waals surface area (Å²) < 4.78 is 24.9. The number of hydrogen-bond acceptors (Lipinski definition) is 4. The SMILES string of the molecule is Cl.O=C(N1CCC2(CCNCC2)CC1)C1(S(=O)(=O)c2ccccc2)CC1. The molecule has 0 bridgehead atoms. The lowest BCUT2D eigenvalue weighted by Crippen LogP contribution is -2.51. The maximum atomic E-state index is 13.1. The number of hydrogen-bond donors (Lipinski definition) is 1. The highest BCUT2D eigenvalue weighted by Crippen LogP contribution is 2.49. The number of sulfone groups is 1. The van der Waals surface area contributed by atoms with E-state index in [0.717, 1.165) is 25.9 Å². The third-order valence-electron chi connectivity index (χ3n) is 6.44. The van der Waals surface area contributed by atoms with Crippen LogP contribution in [0.25, 0.3) is 0 Å². The topological polar surface area (TPSA) is 66.5 Å². The Labute approximate surface area is 161 Å². The molecule has 0 radical (unpaired) electrons. The number of halogens is 1. The molecule has 2 saturated heterocycles. The molecule has 1 N–H and O–H groups in total. The molecule has 144 valence electrons. The number of rotatable bonds is 3. The highest BCUT2D eigenvalue weighted by Gasteiger charge is 2.62. The van der Waals surface area contributed by atoms with Gasteiger partial charge in [-0.3, -0.25) is 4.79 Å². The first-order chi connectivity index (χ1) is 12.0. The van der Waals surface area contributed by atoms with Gasteiger partial charge in [0.25, 0.3) is 0 Å². The third-order valence-corrected chi connectivity index (χ3v) is 8.94. The Morgan fingerprint density at radius 3 is 2.04 bits per heavy atom. The minimum atomic E-state index is -3.61. The summed E-state index contributed by atoms with van der Waals surface area (Å²) in [5.74, 6) is -0.167. The van der Waals surface area contributed by atoms with E-state index in [1.807, 2.05) is 4.90 Å². The molecule has 1 spiro atoms. The first-order valence-corrected chi connectivity index (χ1v) is 10.8. The fourth-order valence-electron chi connectivity index (χ4n) is 4.47. The van der Waals surface area contributed by atoms with Gasteiger partial charge >= 0.3 is 0 Å². The highest BCUT2D eigenvalue weighted by atomic mass is 35.5. The van der Waals surface area contributed by atoms with Gasteiger partial charge in [-0.15, -0.1) is 12.4 Å². The fourth-order valence-corrected chi connectivity index (χ4v) is 6.43. The molecule has 3 aliphatic rings. The predicted octanol–water partition coefficient (Wildman–Crippen LogP) is 2.41. The Bertz CT molecular complexity index is 746. The molecule has 0 atom stereocenters. The normalized spacial score (nSPS) is 23.9. The smallest absolute Gasteiger partial charge is 0.244 e. The number of piperidine rings is 2. The molecule has 4 rings (SSSR count). The molecule has 26 heavy (non-hydrogen) atoms. The minimum Gasteiger partial charge on any atom is -0.341 e.